The fraction of sp³-hybridized carbons (Fsp3) is 0.263. The molecule has 1 unspecified atom stereocenters. The normalized spacial score (nSPS) is 19.7. The maximum atomic E-state index is 12.7. The van der Waals surface area contributed by atoms with E-state index < -0.39 is 17.5 Å². The number of hydrogen-bond acceptors (Lipinski definition) is 3. The number of amides is 3. The zero-order valence-corrected chi connectivity index (χ0v) is 13.5. The summed E-state index contributed by atoms with van der Waals surface area (Å²) in [5.41, 5.74) is 0.0526. The molecule has 0 saturated carbocycles. The summed E-state index contributed by atoms with van der Waals surface area (Å²) in [7, 11) is 0. The summed E-state index contributed by atoms with van der Waals surface area (Å²) in [5, 5.41) is 5.16. The van der Waals surface area contributed by atoms with Crippen LogP contribution in [0.2, 0.25) is 0 Å². The van der Waals surface area contributed by atoms with Gasteiger partial charge in [0, 0.05) is 5.56 Å². The highest BCUT2D eigenvalue weighted by Gasteiger charge is 2.50. The number of rotatable bonds is 6. The number of unbranched alkanes of at least 4 members (excludes halogenated alkanes) is 1. The number of benzene rings is 2. The number of para-hydroxylation sites is 1. The predicted molar refractivity (Wildman–Crippen MR) is 90.7 cm³/mol. The van der Waals surface area contributed by atoms with E-state index in [4.69, 9.17) is 4.74 Å². The van der Waals surface area contributed by atoms with Crippen molar-refractivity contribution >= 4 is 11.9 Å². The smallest absolute Gasteiger partial charge is 0.322 e. The zero-order chi connectivity index (χ0) is 17.0. The highest BCUT2D eigenvalue weighted by Crippen LogP contribution is 2.38. The quantitative estimate of drug-likeness (QED) is 0.634. The van der Waals surface area contributed by atoms with Gasteiger partial charge in [0.25, 0.3) is 5.91 Å². The average Bonchev–Trinajstić information content (AvgIpc) is 2.91. The monoisotopic (exact) mass is 324 g/mol. The van der Waals surface area contributed by atoms with Crippen LogP contribution in [0.3, 0.4) is 0 Å². The van der Waals surface area contributed by atoms with Crippen molar-refractivity contribution in [3.05, 3.63) is 65.7 Å². The van der Waals surface area contributed by atoms with Crippen LogP contribution in [0.5, 0.6) is 5.75 Å². The van der Waals surface area contributed by atoms with E-state index in [1.807, 2.05) is 54.6 Å². The van der Waals surface area contributed by atoms with Crippen LogP contribution in [0.1, 0.15) is 30.9 Å². The summed E-state index contributed by atoms with van der Waals surface area (Å²) >= 11 is 0. The van der Waals surface area contributed by atoms with Gasteiger partial charge < -0.3 is 10.1 Å². The van der Waals surface area contributed by atoms with Gasteiger partial charge in [0.15, 0.2) is 5.54 Å². The summed E-state index contributed by atoms with van der Waals surface area (Å²) < 4.78 is 5.89. The minimum Gasteiger partial charge on any atom is -0.493 e. The molecule has 3 amide bonds. The first-order valence-electron chi connectivity index (χ1n) is 8.10. The van der Waals surface area contributed by atoms with Gasteiger partial charge in [0.2, 0.25) is 0 Å². The van der Waals surface area contributed by atoms with Crippen LogP contribution in [0, 0.1) is 0 Å². The third kappa shape index (κ3) is 2.73. The van der Waals surface area contributed by atoms with E-state index in [1.54, 1.807) is 0 Å². The molecular weight excluding hydrogens is 304 g/mol. The molecular formula is C19H20N2O3. The highest BCUT2D eigenvalue weighted by molar-refractivity contribution is 6.09. The van der Waals surface area contributed by atoms with Gasteiger partial charge in [-0.05, 0) is 18.1 Å². The molecule has 0 aromatic heterocycles. The molecule has 1 saturated heterocycles. The number of ether oxygens (including phenoxy) is 1. The predicted octanol–water partition coefficient (Wildman–Crippen LogP) is 2.95. The lowest BCUT2D eigenvalue weighted by Crippen LogP contribution is -2.45. The van der Waals surface area contributed by atoms with E-state index in [9.17, 15) is 9.59 Å². The summed E-state index contributed by atoms with van der Waals surface area (Å²) in [5.74, 6) is 0.206. The first-order valence-corrected chi connectivity index (χ1v) is 8.10. The maximum absolute atomic E-state index is 12.7. The Bertz CT molecular complexity index is 745. The summed E-state index contributed by atoms with van der Waals surface area (Å²) in [6.45, 7) is 2.65. The van der Waals surface area contributed by atoms with Gasteiger partial charge in [0.05, 0.1) is 6.61 Å². The Hall–Kier alpha value is -2.82. The Morgan fingerprint density at radius 3 is 2.38 bits per heavy atom. The second-order valence-corrected chi connectivity index (χ2v) is 5.72. The molecule has 1 atom stereocenters. The number of imide groups is 1. The Labute approximate surface area is 141 Å². The molecule has 1 aliphatic heterocycles. The van der Waals surface area contributed by atoms with Crippen LogP contribution in [-0.4, -0.2) is 18.5 Å². The molecule has 0 spiro atoms. The summed E-state index contributed by atoms with van der Waals surface area (Å²) in [4.78, 5) is 24.6. The third-order valence-corrected chi connectivity index (χ3v) is 4.12. The largest absolute Gasteiger partial charge is 0.493 e. The van der Waals surface area contributed by atoms with Crippen molar-refractivity contribution in [3.63, 3.8) is 0 Å². The standard InChI is InChI=1S/C19H20N2O3/c1-2-3-13-24-16-12-8-7-11-15(16)19(14-9-5-4-6-10-14)17(22)20-18(23)21-19/h4-12H,2-3,13H2,1H3,(H2,20,21,22,23). The van der Waals surface area contributed by atoms with Gasteiger partial charge in [-0.1, -0.05) is 61.9 Å². The topological polar surface area (TPSA) is 67.4 Å². The second kappa shape index (κ2) is 6.74. The second-order valence-electron chi connectivity index (χ2n) is 5.72. The van der Waals surface area contributed by atoms with Gasteiger partial charge in [0.1, 0.15) is 5.75 Å². The number of carbonyl (C=O) groups excluding carboxylic acids is 2. The Morgan fingerprint density at radius 1 is 1.00 bits per heavy atom. The molecule has 2 N–H and O–H groups in total. The molecule has 5 nitrogen and oxygen atoms in total. The molecule has 1 heterocycles. The van der Waals surface area contributed by atoms with Crippen LogP contribution in [-0.2, 0) is 10.3 Å². The van der Waals surface area contributed by atoms with Crippen molar-refractivity contribution in [1.29, 1.82) is 0 Å². The molecule has 24 heavy (non-hydrogen) atoms. The molecule has 2 aromatic rings. The first kappa shape index (κ1) is 16.1. The van der Waals surface area contributed by atoms with Crippen molar-refractivity contribution in [2.75, 3.05) is 6.61 Å². The van der Waals surface area contributed by atoms with E-state index in [0.717, 1.165) is 12.8 Å². The lowest BCUT2D eigenvalue weighted by Gasteiger charge is -2.29. The van der Waals surface area contributed by atoms with Gasteiger partial charge in [-0.25, -0.2) is 4.79 Å². The number of nitrogens with one attached hydrogen (secondary N) is 2. The van der Waals surface area contributed by atoms with E-state index in [-0.39, 0.29) is 0 Å². The van der Waals surface area contributed by atoms with E-state index in [2.05, 4.69) is 17.6 Å². The lowest BCUT2D eigenvalue weighted by atomic mass is 9.82. The van der Waals surface area contributed by atoms with Gasteiger partial charge in [-0.3, -0.25) is 10.1 Å². The molecule has 2 aromatic carbocycles. The van der Waals surface area contributed by atoms with Crippen molar-refractivity contribution in [3.8, 4) is 5.75 Å². The van der Waals surface area contributed by atoms with Gasteiger partial charge in [-0.2, -0.15) is 0 Å². The van der Waals surface area contributed by atoms with Crippen LogP contribution in [0.15, 0.2) is 54.6 Å². The fourth-order valence-electron chi connectivity index (χ4n) is 2.92. The van der Waals surface area contributed by atoms with Crippen molar-refractivity contribution < 1.29 is 14.3 Å². The first-order chi connectivity index (χ1) is 11.7. The zero-order valence-electron chi connectivity index (χ0n) is 13.5. The Balaban J connectivity index is 2.11. The average molecular weight is 324 g/mol. The lowest BCUT2D eigenvalue weighted by molar-refractivity contribution is -0.122. The number of hydrogen-bond donors (Lipinski definition) is 2. The van der Waals surface area contributed by atoms with Crippen molar-refractivity contribution in [1.82, 2.24) is 10.6 Å². The number of carbonyl (C=O) groups is 2. The molecule has 1 fully saturated rings. The van der Waals surface area contributed by atoms with Crippen molar-refractivity contribution in [2.24, 2.45) is 0 Å². The minimum absolute atomic E-state index is 0.398. The Morgan fingerprint density at radius 2 is 1.71 bits per heavy atom. The van der Waals surface area contributed by atoms with E-state index >= 15 is 0 Å². The molecule has 3 rings (SSSR count). The molecule has 0 bridgehead atoms. The van der Waals surface area contributed by atoms with Gasteiger partial charge >= 0.3 is 6.03 Å². The maximum Gasteiger partial charge on any atom is 0.322 e. The van der Waals surface area contributed by atoms with Crippen LogP contribution in [0.25, 0.3) is 0 Å². The highest BCUT2D eigenvalue weighted by atomic mass is 16.5. The van der Waals surface area contributed by atoms with Gasteiger partial charge in [-0.15, -0.1) is 0 Å². The SMILES string of the molecule is CCCCOc1ccccc1C1(c2ccccc2)NC(=O)NC1=O. The summed E-state index contributed by atoms with van der Waals surface area (Å²) in [6, 6.07) is 16.0. The van der Waals surface area contributed by atoms with E-state index in [1.165, 1.54) is 0 Å². The molecule has 124 valence electrons. The van der Waals surface area contributed by atoms with E-state index in [0.29, 0.717) is 23.5 Å². The molecule has 0 aliphatic carbocycles. The fourth-order valence-corrected chi connectivity index (χ4v) is 2.92. The summed E-state index contributed by atoms with van der Waals surface area (Å²) in [6.07, 6.45) is 1.94. The minimum atomic E-state index is -1.28. The Kier molecular flexibility index (Phi) is 4.51. The number of urea groups is 1. The van der Waals surface area contributed by atoms with Crippen molar-refractivity contribution in [2.45, 2.75) is 25.3 Å². The molecule has 1 aliphatic rings. The van der Waals surface area contributed by atoms with Crippen LogP contribution < -0.4 is 15.4 Å². The van der Waals surface area contributed by atoms with Crippen LogP contribution >= 0.6 is 0 Å². The molecule has 5 heteroatoms. The van der Waals surface area contributed by atoms with Crippen LogP contribution in [0.4, 0.5) is 4.79 Å². The third-order valence-electron chi connectivity index (χ3n) is 4.12. The molecule has 0 radical (unpaired) electrons.